The first kappa shape index (κ1) is 32.8. The molecule has 268 valence electrons. The summed E-state index contributed by atoms with van der Waals surface area (Å²) in [5, 5.41) is 2.26. The molecule has 0 radical (unpaired) electrons. The van der Waals surface area contributed by atoms with Crippen molar-refractivity contribution < 1.29 is 4.42 Å². The van der Waals surface area contributed by atoms with E-state index in [2.05, 4.69) is 196 Å². The standard InChI is InChI=1S/C54H41NO/c1-53(2)43-20-9-5-17-40(43)51-38(19-13-22-45(51)53)34-27-30-36(31-28-34)55(48-25-14-23-46-52(48)41-18-6-10-21-44(41)54(46,3)4)47-24-11-7-15-37(47)35-29-32-50-42(33-35)39-16-8-12-26-49(39)56-50/h5-33H,1-4H3. The Labute approximate surface area is 328 Å². The summed E-state index contributed by atoms with van der Waals surface area (Å²) in [5.74, 6) is 0. The van der Waals surface area contributed by atoms with E-state index in [1.54, 1.807) is 0 Å². The van der Waals surface area contributed by atoms with E-state index in [0.717, 1.165) is 44.4 Å². The highest BCUT2D eigenvalue weighted by Crippen LogP contribution is 2.56. The molecule has 9 aromatic rings. The number of fused-ring (bicyclic) bond motifs is 9. The van der Waals surface area contributed by atoms with Gasteiger partial charge in [0.25, 0.3) is 0 Å². The second kappa shape index (κ2) is 11.9. The SMILES string of the molecule is CC1(C)c2ccccc2-c2c(-c3ccc(N(c4ccccc4-c4ccc5oc6ccccc6c5c4)c4cccc5c4-c4ccccc4C5(C)C)cc3)cccc21. The molecule has 0 fully saturated rings. The Kier molecular flexibility index (Phi) is 6.98. The molecular formula is C54H41NO. The minimum Gasteiger partial charge on any atom is -0.456 e. The molecule has 0 bridgehead atoms. The van der Waals surface area contributed by atoms with Crippen LogP contribution in [0.3, 0.4) is 0 Å². The Balaban J connectivity index is 1.12. The van der Waals surface area contributed by atoms with Gasteiger partial charge in [0.2, 0.25) is 0 Å². The Morgan fingerprint density at radius 3 is 1.64 bits per heavy atom. The van der Waals surface area contributed by atoms with Crippen LogP contribution in [0.15, 0.2) is 180 Å². The van der Waals surface area contributed by atoms with Crippen LogP contribution in [0.25, 0.3) is 66.4 Å². The van der Waals surface area contributed by atoms with Crippen LogP contribution in [-0.4, -0.2) is 0 Å². The first-order chi connectivity index (χ1) is 27.3. The third-order valence-electron chi connectivity index (χ3n) is 12.7. The van der Waals surface area contributed by atoms with Gasteiger partial charge in [-0.3, -0.25) is 0 Å². The Bertz CT molecular complexity index is 3030. The molecule has 2 nitrogen and oxygen atoms in total. The van der Waals surface area contributed by atoms with Gasteiger partial charge in [-0.1, -0.05) is 161 Å². The van der Waals surface area contributed by atoms with Gasteiger partial charge in [0.15, 0.2) is 0 Å². The third-order valence-corrected chi connectivity index (χ3v) is 12.7. The second-order valence-electron chi connectivity index (χ2n) is 16.5. The maximum atomic E-state index is 6.26. The summed E-state index contributed by atoms with van der Waals surface area (Å²) in [6, 6.07) is 64.6. The fourth-order valence-electron chi connectivity index (χ4n) is 9.92. The minimum absolute atomic E-state index is 0.0497. The van der Waals surface area contributed by atoms with Crippen LogP contribution in [0.2, 0.25) is 0 Å². The summed E-state index contributed by atoms with van der Waals surface area (Å²) in [6.45, 7) is 9.42. The number of hydrogen-bond acceptors (Lipinski definition) is 2. The summed E-state index contributed by atoms with van der Waals surface area (Å²) in [6.07, 6.45) is 0. The molecule has 1 aromatic heterocycles. The third kappa shape index (κ3) is 4.62. The molecule has 2 heteroatoms. The van der Waals surface area contributed by atoms with Gasteiger partial charge in [0.05, 0.1) is 11.4 Å². The monoisotopic (exact) mass is 719 g/mol. The molecule has 0 N–H and O–H groups in total. The predicted molar refractivity (Wildman–Crippen MR) is 234 cm³/mol. The summed E-state index contributed by atoms with van der Waals surface area (Å²) < 4.78 is 6.26. The number of hydrogen-bond donors (Lipinski definition) is 0. The molecule has 0 aliphatic heterocycles. The predicted octanol–water partition coefficient (Wildman–Crippen LogP) is 15.0. The molecule has 0 saturated heterocycles. The van der Waals surface area contributed by atoms with E-state index in [0.29, 0.717) is 0 Å². The quantitative estimate of drug-likeness (QED) is 0.176. The van der Waals surface area contributed by atoms with Gasteiger partial charge in [-0.05, 0) is 98.1 Å². The summed E-state index contributed by atoms with van der Waals surface area (Å²) in [7, 11) is 0. The number of para-hydroxylation sites is 2. The number of benzene rings is 8. The van der Waals surface area contributed by atoms with Crippen molar-refractivity contribution in [1.82, 2.24) is 0 Å². The van der Waals surface area contributed by atoms with Crippen molar-refractivity contribution >= 4 is 39.0 Å². The van der Waals surface area contributed by atoms with Crippen LogP contribution >= 0.6 is 0 Å². The van der Waals surface area contributed by atoms with Gasteiger partial charge < -0.3 is 9.32 Å². The number of anilines is 3. The van der Waals surface area contributed by atoms with Gasteiger partial charge in [-0.15, -0.1) is 0 Å². The van der Waals surface area contributed by atoms with Crippen LogP contribution < -0.4 is 4.90 Å². The molecule has 2 aliphatic rings. The summed E-state index contributed by atoms with van der Waals surface area (Å²) in [5.41, 5.74) is 20.6. The second-order valence-corrected chi connectivity index (χ2v) is 16.5. The summed E-state index contributed by atoms with van der Waals surface area (Å²) >= 11 is 0. The van der Waals surface area contributed by atoms with E-state index in [4.69, 9.17) is 4.42 Å². The highest BCUT2D eigenvalue weighted by Gasteiger charge is 2.39. The van der Waals surface area contributed by atoms with Crippen LogP contribution in [0.5, 0.6) is 0 Å². The average Bonchev–Trinajstić information content (AvgIpc) is 3.81. The lowest BCUT2D eigenvalue weighted by atomic mass is 9.82. The van der Waals surface area contributed by atoms with E-state index in [1.165, 1.54) is 61.3 Å². The lowest BCUT2D eigenvalue weighted by molar-refractivity contribution is 0.660. The molecule has 0 saturated carbocycles. The average molecular weight is 720 g/mol. The minimum atomic E-state index is -0.123. The first-order valence-electron chi connectivity index (χ1n) is 19.7. The van der Waals surface area contributed by atoms with E-state index in [9.17, 15) is 0 Å². The van der Waals surface area contributed by atoms with Crippen molar-refractivity contribution in [3.8, 4) is 44.5 Å². The lowest BCUT2D eigenvalue weighted by Gasteiger charge is -2.30. The zero-order chi connectivity index (χ0) is 37.8. The molecule has 56 heavy (non-hydrogen) atoms. The van der Waals surface area contributed by atoms with Crippen molar-refractivity contribution in [3.05, 3.63) is 198 Å². The van der Waals surface area contributed by atoms with Gasteiger partial charge >= 0.3 is 0 Å². The fourth-order valence-corrected chi connectivity index (χ4v) is 9.92. The van der Waals surface area contributed by atoms with Gasteiger partial charge in [0, 0.05) is 38.4 Å². The molecule has 0 atom stereocenters. The van der Waals surface area contributed by atoms with Crippen molar-refractivity contribution in [1.29, 1.82) is 0 Å². The van der Waals surface area contributed by atoms with E-state index in [-0.39, 0.29) is 10.8 Å². The molecule has 11 rings (SSSR count). The van der Waals surface area contributed by atoms with Gasteiger partial charge in [-0.2, -0.15) is 0 Å². The summed E-state index contributed by atoms with van der Waals surface area (Å²) in [4.78, 5) is 2.49. The Morgan fingerprint density at radius 1 is 0.375 bits per heavy atom. The normalized spacial score (nSPS) is 14.4. The van der Waals surface area contributed by atoms with Crippen LogP contribution in [-0.2, 0) is 10.8 Å². The van der Waals surface area contributed by atoms with Crippen LogP contribution in [0.1, 0.15) is 49.9 Å². The fraction of sp³-hybridized carbons (Fsp3) is 0.111. The molecule has 0 unspecified atom stereocenters. The maximum Gasteiger partial charge on any atom is 0.135 e. The molecular weight excluding hydrogens is 679 g/mol. The van der Waals surface area contributed by atoms with E-state index < -0.39 is 0 Å². The van der Waals surface area contributed by atoms with Gasteiger partial charge in [-0.25, -0.2) is 0 Å². The van der Waals surface area contributed by atoms with Crippen molar-refractivity contribution in [2.24, 2.45) is 0 Å². The molecule has 1 heterocycles. The molecule has 0 amide bonds. The lowest BCUT2D eigenvalue weighted by Crippen LogP contribution is -2.16. The Hall–Kier alpha value is -6.64. The van der Waals surface area contributed by atoms with Crippen molar-refractivity contribution in [3.63, 3.8) is 0 Å². The van der Waals surface area contributed by atoms with Crippen LogP contribution in [0.4, 0.5) is 17.1 Å². The largest absolute Gasteiger partial charge is 0.456 e. The highest BCUT2D eigenvalue weighted by atomic mass is 16.3. The van der Waals surface area contributed by atoms with E-state index >= 15 is 0 Å². The highest BCUT2D eigenvalue weighted by molar-refractivity contribution is 6.07. The number of nitrogens with zero attached hydrogens (tertiary/aromatic N) is 1. The zero-order valence-electron chi connectivity index (χ0n) is 32.1. The molecule has 8 aromatic carbocycles. The maximum absolute atomic E-state index is 6.26. The van der Waals surface area contributed by atoms with Crippen molar-refractivity contribution in [2.75, 3.05) is 4.90 Å². The van der Waals surface area contributed by atoms with Crippen molar-refractivity contribution in [2.45, 2.75) is 38.5 Å². The Morgan fingerprint density at radius 2 is 0.893 bits per heavy atom. The van der Waals surface area contributed by atoms with E-state index in [1.807, 2.05) is 12.1 Å². The first-order valence-corrected chi connectivity index (χ1v) is 19.7. The van der Waals surface area contributed by atoms with Crippen LogP contribution in [0, 0.1) is 0 Å². The number of furan rings is 1. The number of rotatable bonds is 5. The molecule has 2 aliphatic carbocycles. The topological polar surface area (TPSA) is 16.4 Å². The molecule has 0 spiro atoms. The van der Waals surface area contributed by atoms with Gasteiger partial charge in [0.1, 0.15) is 11.2 Å². The smallest absolute Gasteiger partial charge is 0.135 e. The zero-order valence-corrected chi connectivity index (χ0v) is 32.1.